The van der Waals surface area contributed by atoms with Gasteiger partial charge in [-0.2, -0.15) is 0 Å². The smallest absolute Gasteiger partial charge is 0.194 e. The van der Waals surface area contributed by atoms with E-state index in [0.717, 1.165) is 16.3 Å². The SMILES string of the molecule is Cc1nc2sccn2c1CNCCCS(C)(=O)=O. The highest BCUT2D eigenvalue weighted by Crippen LogP contribution is 2.16. The zero-order chi connectivity index (χ0) is 13.2. The van der Waals surface area contributed by atoms with Crippen LogP contribution in [0.3, 0.4) is 0 Å². The highest BCUT2D eigenvalue weighted by molar-refractivity contribution is 7.90. The zero-order valence-electron chi connectivity index (χ0n) is 10.5. The van der Waals surface area contributed by atoms with Crippen LogP contribution < -0.4 is 5.32 Å². The van der Waals surface area contributed by atoms with Gasteiger partial charge in [0.1, 0.15) is 9.84 Å². The van der Waals surface area contributed by atoms with E-state index in [9.17, 15) is 8.42 Å². The maximum absolute atomic E-state index is 11.0. The number of hydrogen-bond acceptors (Lipinski definition) is 5. The Labute approximate surface area is 111 Å². The van der Waals surface area contributed by atoms with Crippen LogP contribution in [0.4, 0.5) is 0 Å². The number of nitrogens with zero attached hydrogens (tertiary/aromatic N) is 2. The summed E-state index contributed by atoms with van der Waals surface area (Å²) in [5, 5.41) is 5.27. The van der Waals surface area contributed by atoms with Crippen LogP contribution in [0.2, 0.25) is 0 Å². The minimum Gasteiger partial charge on any atom is -0.311 e. The van der Waals surface area contributed by atoms with Crippen LogP contribution in [-0.4, -0.2) is 36.4 Å². The molecular formula is C11H17N3O2S2. The molecule has 0 saturated carbocycles. The number of imidazole rings is 1. The lowest BCUT2D eigenvalue weighted by Gasteiger charge is -2.04. The summed E-state index contributed by atoms with van der Waals surface area (Å²) in [5.41, 5.74) is 2.17. The van der Waals surface area contributed by atoms with E-state index in [-0.39, 0.29) is 5.75 Å². The van der Waals surface area contributed by atoms with Crippen molar-refractivity contribution in [2.24, 2.45) is 0 Å². The van der Waals surface area contributed by atoms with Gasteiger partial charge in [0, 0.05) is 24.4 Å². The number of aromatic nitrogens is 2. The lowest BCUT2D eigenvalue weighted by Crippen LogP contribution is -2.19. The van der Waals surface area contributed by atoms with E-state index < -0.39 is 9.84 Å². The minimum absolute atomic E-state index is 0.235. The third-order valence-corrected chi connectivity index (χ3v) is 4.51. The second kappa shape index (κ2) is 5.38. The van der Waals surface area contributed by atoms with Gasteiger partial charge in [0.05, 0.1) is 17.1 Å². The van der Waals surface area contributed by atoms with Crippen LogP contribution in [0.1, 0.15) is 17.8 Å². The van der Waals surface area contributed by atoms with Crippen molar-refractivity contribution in [3.63, 3.8) is 0 Å². The molecule has 2 aromatic rings. The first-order chi connectivity index (χ1) is 8.47. The molecule has 0 saturated heterocycles. The third-order valence-electron chi connectivity index (χ3n) is 2.72. The topological polar surface area (TPSA) is 63.5 Å². The number of sulfone groups is 1. The van der Waals surface area contributed by atoms with Crippen LogP contribution in [0.25, 0.3) is 4.96 Å². The number of hydrogen-bond donors (Lipinski definition) is 1. The Morgan fingerprint density at radius 3 is 3.00 bits per heavy atom. The Morgan fingerprint density at radius 2 is 2.28 bits per heavy atom. The predicted octanol–water partition coefficient (Wildman–Crippen LogP) is 1.23. The molecule has 7 heteroatoms. The number of fused-ring (bicyclic) bond motifs is 1. The maximum Gasteiger partial charge on any atom is 0.194 e. The van der Waals surface area contributed by atoms with Gasteiger partial charge in [-0.05, 0) is 19.9 Å². The molecule has 0 aliphatic rings. The third kappa shape index (κ3) is 3.30. The van der Waals surface area contributed by atoms with Crippen LogP contribution >= 0.6 is 11.3 Å². The Morgan fingerprint density at radius 1 is 1.50 bits per heavy atom. The zero-order valence-corrected chi connectivity index (χ0v) is 12.1. The van der Waals surface area contributed by atoms with Crippen LogP contribution in [0.5, 0.6) is 0 Å². The van der Waals surface area contributed by atoms with Crippen LogP contribution in [-0.2, 0) is 16.4 Å². The minimum atomic E-state index is -2.85. The van der Waals surface area contributed by atoms with Gasteiger partial charge >= 0.3 is 0 Å². The molecular weight excluding hydrogens is 270 g/mol. The summed E-state index contributed by atoms with van der Waals surface area (Å²) in [5.74, 6) is 0.235. The van der Waals surface area contributed by atoms with Crippen molar-refractivity contribution < 1.29 is 8.42 Å². The Hall–Kier alpha value is -0.920. The van der Waals surface area contributed by atoms with Crippen molar-refractivity contribution in [3.05, 3.63) is 23.0 Å². The molecule has 2 heterocycles. The van der Waals surface area contributed by atoms with E-state index in [2.05, 4.69) is 14.7 Å². The molecule has 0 spiro atoms. The van der Waals surface area contributed by atoms with Gasteiger partial charge in [-0.1, -0.05) is 0 Å². The molecule has 0 bridgehead atoms. The van der Waals surface area contributed by atoms with Gasteiger partial charge < -0.3 is 5.32 Å². The number of thiazole rings is 1. The molecule has 0 fully saturated rings. The highest BCUT2D eigenvalue weighted by atomic mass is 32.2. The fraction of sp³-hybridized carbons (Fsp3) is 0.545. The summed E-state index contributed by atoms with van der Waals surface area (Å²) >= 11 is 1.61. The van der Waals surface area contributed by atoms with Crippen LogP contribution in [0.15, 0.2) is 11.6 Å². The predicted molar refractivity (Wildman–Crippen MR) is 73.8 cm³/mol. The average Bonchev–Trinajstić information content (AvgIpc) is 2.78. The summed E-state index contributed by atoms with van der Waals surface area (Å²) < 4.78 is 24.0. The average molecular weight is 287 g/mol. The van der Waals surface area contributed by atoms with Crippen molar-refractivity contribution in [2.45, 2.75) is 19.9 Å². The second-order valence-electron chi connectivity index (χ2n) is 4.36. The van der Waals surface area contributed by atoms with Crippen molar-refractivity contribution >= 4 is 26.1 Å². The van der Waals surface area contributed by atoms with Gasteiger partial charge in [-0.25, -0.2) is 13.4 Å². The number of rotatable bonds is 6. The van der Waals surface area contributed by atoms with Gasteiger partial charge in [-0.3, -0.25) is 4.40 Å². The molecule has 18 heavy (non-hydrogen) atoms. The molecule has 1 N–H and O–H groups in total. The highest BCUT2D eigenvalue weighted by Gasteiger charge is 2.08. The molecule has 2 aromatic heterocycles. The fourth-order valence-corrected chi connectivity index (χ4v) is 3.27. The molecule has 0 aromatic carbocycles. The van der Waals surface area contributed by atoms with Crippen molar-refractivity contribution in [1.82, 2.24) is 14.7 Å². The molecule has 0 amide bonds. The summed E-state index contributed by atoms with van der Waals surface area (Å²) in [7, 11) is -2.85. The van der Waals surface area contributed by atoms with Crippen LogP contribution in [0, 0.1) is 6.92 Å². The van der Waals surface area contributed by atoms with Gasteiger partial charge in [0.15, 0.2) is 4.96 Å². The lowest BCUT2D eigenvalue weighted by atomic mass is 10.3. The van der Waals surface area contributed by atoms with Crippen molar-refractivity contribution in [1.29, 1.82) is 0 Å². The van der Waals surface area contributed by atoms with E-state index in [1.165, 1.54) is 6.26 Å². The quantitative estimate of drug-likeness (QED) is 0.812. The monoisotopic (exact) mass is 287 g/mol. The van der Waals surface area contributed by atoms with E-state index >= 15 is 0 Å². The molecule has 2 rings (SSSR count). The Balaban J connectivity index is 1.87. The maximum atomic E-state index is 11.0. The first-order valence-electron chi connectivity index (χ1n) is 5.77. The standard InChI is InChI=1S/C11H17N3O2S2/c1-9-10(14-5-6-17-11(14)13-9)8-12-4-3-7-18(2,15)16/h5-6,12H,3-4,7-8H2,1-2H3. The Kier molecular flexibility index (Phi) is 4.04. The van der Waals surface area contributed by atoms with Gasteiger partial charge in [0.2, 0.25) is 0 Å². The van der Waals surface area contributed by atoms with E-state index in [1.807, 2.05) is 18.5 Å². The fourth-order valence-electron chi connectivity index (χ4n) is 1.82. The summed E-state index contributed by atoms with van der Waals surface area (Å²) in [6.45, 7) is 3.41. The molecule has 0 aliphatic carbocycles. The lowest BCUT2D eigenvalue weighted by molar-refractivity contribution is 0.593. The van der Waals surface area contributed by atoms with Crippen molar-refractivity contribution in [2.75, 3.05) is 18.6 Å². The molecule has 0 unspecified atom stereocenters. The first-order valence-corrected chi connectivity index (χ1v) is 8.71. The van der Waals surface area contributed by atoms with Gasteiger partial charge in [-0.15, -0.1) is 11.3 Å². The van der Waals surface area contributed by atoms with E-state index in [0.29, 0.717) is 19.5 Å². The first kappa shape index (κ1) is 13.5. The summed E-state index contributed by atoms with van der Waals surface area (Å²) in [6.07, 6.45) is 3.92. The normalized spacial score (nSPS) is 12.3. The van der Waals surface area contributed by atoms with Gasteiger partial charge in [0.25, 0.3) is 0 Å². The molecule has 100 valence electrons. The van der Waals surface area contributed by atoms with E-state index in [1.54, 1.807) is 11.3 Å². The summed E-state index contributed by atoms with van der Waals surface area (Å²) in [4.78, 5) is 5.46. The molecule has 0 atom stereocenters. The molecule has 0 aliphatic heterocycles. The molecule has 5 nitrogen and oxygen atoms in total. The summed E-state index contributed by atoms with van der Waals surface area (Å²) in [6, 6.07) is 0. The van der Waals surface area contributed by atoms with Crippen molar-refractivity contribution in [3.8, 4) is 0 Å². The number of aryl methyl sites for hydroxylation is 1. The molecule has 0 radical (unpaired) electrons. The largest absolute Gasteiger partial charge is 0.311 e. The second-order valence-corrected chi connectivity index (χ2v) is 7.49. The Bertz CT molecular complexity index is 628. The number of nitrogens with one attached hydrogen (secondary N) is 1. The van der Waals surface area contributed by atoms with E-state index in [4.69, 9.17) is 0 Å².